The zero-order chi connectivity index (χ0) is 14.4. The molecule has 0 aliphatic rings. The van der Waals surface area contributed by atoms with Crippen molar-refractivity contribution < 1.29 is 9.13 Å². The summed E-state index contributed by atoms with van der Waals surface area (Å²) in [6, 6.07) is 14.4. The van der Waals surface area contributed by atoms with E-state index in [1.165, 1.54) is 12.1 Å². The van der Waals surface area contributed by atoms with Crippen molar-refractivity contribution in [3.63, 3.8) is 0 Å². The molecule has 0 aliphatic heterocycles. The van der Waals surface area contributed by atoms with E-state index >= 15 is 0 Å². The molecule has 0 spiro atoms. The van der Waals surface area contributed by atoms with Crippen LogP contribution < -0.4 is 15.0 Å². The highest BCUT2D eigenvalue weighted by Gasteiger charge is 2.02. The maximum Gasteiger partial charge on any atom is 0.125 e. The maximum atomic E-state index is 13.0. The third-order valence-electron chi connectivity index (χ3n) is 3.10. The highest BCUT2D eigenvalue weighted by molar-refractivity contribution is 5.50. The highest BCUT2D eigenvalue weighted by atomic mass is 19.1. The number of nitrogens with one attached hydrogen (secondary N) is 1. The summed E-state index contributed by atoms with van der Waals surface area (Å²) < 4.78 is 18.2. The predicted molar refractivity (Wildman–Crippen MR) is 81.2 cm³/mol. The van der Waals surface area contributed by atoms with Crippen molar-refractivity contribution in [3.05, 3.63) is 54.3 Å². The van der Waals surface area contributed by atoms with Crippen molar-refractivity contribution in [2.24, 2.45) is 0 Å². The first-order valence-corrected chi connectivity index (χ1v) is 6.53. The topological polar surface area (TPSA) is 24.5 Å². The Balaban J connectivity index is 1.87. The average molecular weight is 274 g/mol. The smallest absolute Gasteiger partial charge is 0.125 e. The zero-order valence-corrected chi connectivity index (χ0v) is 11.8. The molecule has 0 amide bonds. The second-order valence-electron chi connectivity index (χ2n) is 4.56. The normalized spacial score (nSPS) is 10.2. The van der Waals surface area contributed by atoms with E-state index in [0.717, 1.165) is 30.2 Å². The molecule has 2 rings (SSSR count). The number of rotatable bonds is 6. The molecule has 0 saturated heterocycles. The summed E-state index contributed by atoms with van der Waals surface area (Å²) in [4.78, 5) is 2.12. The molecule has 106 valence electrons. The van der Waals surface area contributed by atoms with Gasteiger partial charge < -0.3 is 15.0 Å². The highest BCUT2D eigenvalue weighted by Crippen LogP contribution is 2.19. The van der Waals surface area contributed by atoms with Crippen LogP contribution in [0.15, 0.2) is 48.5 Å². The number of likely N-dealkylation sites (N-methyl/N-ethyl adjacent to an activating group) is 1. The van der Waals surface area contributed by atoms with Crippen LogP contribution in [0.1, 0.15) is 0 Å². The van der Waals surface area contributed by atoms with Crippen LogP contribution in [0.25, 0.3) is 0 Å². The zero-order valence-electron chi connectivity index (χ0n) is 11.8. The van der Waals surface area contributed by atoms with Gasteiger partial charge in [-0.05, 0) is 30.3 Å². The Labute approximate surface area is 119 Å². The fourth-order valence-corrected chi connectivity index (χ4v) is 1.94. The quantitative estimate of drug-likeness (QED) is 0.874. The van der Waals surface area contributed by atoms with Crippen molar-refractivity contribution >= 4 is 11.4 Å². The summed E-state index contributed by atoms with van der Waals surface area (Å²) in [5.74, 6) is 0.614. The van der Waals surface area contributed by atoms with Gasteiger partial charge in [0.05, 0.1) is 7.11 Å². The lowest BCUT2D eigenvalue weighted by Crippen LogP contribution is -2.24. The molecule has 0 saturated carbocycles. The van der Waals surface area contributed by atoms with Crippen molar-refractivity contribution in [3.8, 4) is 5.75 Å². The van der Waals surface area contributed by atoms with Gasteiger partial charge in [0, 0.05) is 37.6 Å². The van der Waals surface area contributed by atoms with Gasteiger partial charge in [0.1, 0.15) is 11.6 Å². The Bertz CT molecular complexity index is 560. The van der Waals surface area contributed by atoms with E-state index in [1.54, 1.807) is 13.2 Å². The summed E-state index contributed by atoms with van der Waals surface area (Å²) >= 11 is 0. The molecule has 0 atom stereocenters. The van der Waals surface area contributed by atoms with Gasteiger partial charge in [0.25, 0.3) is 0 Å². The fraction of sp³-hybridized carbons (Fsp3) is 0.250. The molecule has 0 radical (unpaired) electrons. The molecule has 4 heteroatoms. The third kappa shape index (κ3) is 3.88. The first-order valence-electron chi connectivity index (χ1n) is 6.53. The number of nitrogens with zero attached hydrogens (tertiary/aromatic N) is 1. The molecule has 0 aliphatic carbocycles. The molecule has 3 nitrogen and oxygen atoms in total. The van der Waals surface area contributed by atoms with Crippen LogP contribution in [0.3, 0.4) is 0 Å². The largest absolute Gasteiger partial charge is 0.497 e. The van der Waals surface area contributed by atoms with E-state index in [-0.39, 0.29) is 5.82 Å². The molecule has 0 heterocycles. The molecule has 2 aromatic carbocycles. The Morgan fingerprint density at radius 3 is 2.70 bits per heavy atom. The van der Waals surface area contributed by atoms with Gasteiger partial charge in [-0.1, -0.05) is 12.1 Å². The van der Waals surface area contributed by atoms with E-state index in [1.807, 2.05) is 37.4 Å². The molecular weight excluding hydrogens is 255 g/mol. The lowest BCUT2D eigenvalue weighted by molar-refractivity contribution is 0.415. The van der Waals surface area contributed by atoms with Gasteiger partial charge in [-0.2, -0.15) is 0 Å². The van der Waals surface area contributed by atoms with Crippen molar-refractivity contribution in [2.45, 2.75) is 0 Å². The van der Waals surface area contributed by atoms with Gasteiger partial charge in [-0.25, -0.2) is 4.39 Å². The summed E-state index contributed by atoms with van der Waals surface area (Å²) in [6.45, 7) is 1.54. The number of benzene rings is 2. The third-order valence-corrected chi connectivity index (χ3v) is 3.10. The number of anilines is 2. The lowest BCUT2D eigenvalue weighted by atomic mass is 10.2. The minimum absolute atomic E-state index is 0.226. The standard InChI is InChI=1S/C16H19FN2O/c1-19(15-7-4-8-16(12-15)20-2)10-9-18-14-6-3-5-13(17)11-14/h3-8,11-12,18H,9-10H2,1-2H3. The van der Waals surface area contributed by atoms with Gasteiger partial charge >= 0.3 is 0 Å². The van der Waals surface area contributed by atoms with E-state index in [9.17, 15) is 4.39 Å². The van der Waals surface area contributed by atoms with E-state index in [2.05, 4.69) is 10.2 Å². The molecule has 0 unspecified atom stereocenters. The minimum Gasteiger partial charge on any atom is -0.497 e. The summed E-state index contributed by atoms with van der Waals surface area (Å²) in [6.07, 6.45) is 0. The Kier molecular flexibility index (Phi) is 4.82. The molecule has 0 fully saturated rings. The number of ether oxygens (including phenoxy) is 1. The molecule has 0 aromatic heterocycles. The van der Waals surface area contributed by atoms with Gasteiger partial charge in [0.15, 0.2) is 0 Å². The predicted octanol–water partition coefficient (Wildman–Crippen LogP) is 3.38. The lowest BCUT2D eigenvalue weighted by Gasteiger charge is -2.20. The first kappa shape index (κ1) is 14.2. The summed E-state index contributed by atoms with van der Waals surface area (Å²) in [7, 11) is 3.67. The second kappa shape index (κ2) is 6.80. The summed E-state index contributed by atoms with van der Waals surface area (Å²) in [5.41, 5.74) is 1.88. The van der Waals surface area contributed by atoms with Crippen LogP contribution in [0.2, 0.25) is 0 Å². The summed E-state index contributed by atoms with van der Waals surface area (Å²) in [5, 5.41) is 3.20. The molecule has 0 bridgehead atoms. The minimum atomic E-state index is -0.226. The molecular formula is C16H19FN2O. The van der Waals surface area contributed by atoms with E-state index < -0.39 is 0 Å². The van der Waals surface area contributed by atoms with Crippen molar-refractivity contribution in [2.75, 3.05) is 37.5 Å². The number of hydrogen-bond acceptors (Lipinski definition) is 3. The van der Waals surface area contributed by atoms with Crippen LogP contribution in [0, 0.1) is 5.82 Å². The monoisotopic (exact) mass is 274 g/mol. The Hall–Kier alpha value is -2.23. The number of hydrogen-bond donors (Lipinski definition) is 1. The van der Waals surface area contributed by atoms with Crippen LogP contribution in [0.5, 0.6) is 5.75 Å². The first-order chi connectivity index (χ1) is 9.69. The van der Waals surface area contributed by atoms with Crippen LogP contribution >= 0.6 is 0 Å². The van der Waals surface area contributed by atoms with Crippen molar-refractivity contribution in [1.82, 2.24) is 0 Å². The Morgan fingerprint density at radius 1 is 1.15 bits per heavy atom. The van der Waals surface area contributed by atoms with Gasteiger partial charge in [-0.3, -0.25) is 0 Å². The molecule has 20 heavy (non-hydrogen) atoms. The molecule has 2 aromatic rings. The Morgan fingerprint density at radius 2 is 1.95 bits per heavy atom. The van der Waals surface area contributed by atoms with E-state index in [0.29, 0.717) is 0 Å². The van der Waals surface area contributed by atoms with Gasteiger partial charge in [0.2, 0.25) is 0 Å². The van der Waals surface area contributed by atoms with E-state index in [4.69, 9.17) is 4.74 Å². The van der Waals surface area contributed by atoms with Crippen molar-refractivity contribution in [1.29, 1.82) is 0 Å². The SMILES string of the molecule is COc1cccc(N(C)CCNc2cccc(F)c2)c1. The van der Waals surface area contributed by atoms with Crippen LogP contribution in [-0.2, 0) is 0 Å². The van der Waals surface area contributed by atoms with Crippen LogP contribution in [-0.4, -0.2) is 27.2 Å². The van der Waals surface area contributed by atoms with Gasteiger partial charge in [-0.15, -0.1) is 0 Å². The molecule has 1 N–H and O–H groups in total. The van der Waals surface area contributed by atoms with Crippen LogP contribution in [0.4, 0.5) is 15.8 Å². The second-order valence-corrected chi connectivity index (χ2v) is 4.56. The fourth-order valence-electron chi connectivity index (χ4n) is 1.94. The number of halogens is 1. The average Bonchev–Trinajstić information content (AvgIpc) is 2.47. The number of methoxy groups -OCH3 is 1. The maximum absolute atomic E-state index is 13.0.